The van der Waals surface area contributed by atoms with Crippen molar-refractivity contribution in [1.82, 2.24) is 4.90 Å². The lowest BCUT2D eigenvalue weighted by atomic mass is 10.1. The van der Waals surface area contributed by atoms with Crippen LogP contribution in [0.5, 0.6) is 5.75 Å². The number of benzene rings is 2. The molecular formula is C21H26N2O2. The second-order valence-corrected chi connectivity index (χ2v) is 6.56. The van der Waals surface area contributed by atoms with Gasteiger partial charge in [0.05, 0.1) is 5.71 Å². The lowest BCUT2D eigenvalue weighted by Crippen LogP contribution is -2.24. The molecule has 132 valence electrons. The van der Waals surface area contributed by atoms with E-state index in [1.165, 1.54) is 18.4 Å². The van der Waals surface area contributed by atoms with Crippen LogP contribution in [0.3, 0.4) is 0 Å². The Morgan fingerprint density at radius 1 is 1.00 bits per heavy atom. The third-order valence-electron chi connectivity index (χ3n) is 4.44. The van der Waals surface area contributed by atoms with E-state index in [0.717, 1.165) is 35.7 Å². The van der Waals surface area contributed by atoms with Crippen LogP contribution in [0.25, 0.3) is 0 Å². The molecule has 0 aliphatic carbocycles. The van der Waals surface area contributed by atoms with Crippen LogP contribution in [0.1, 0.15) is 36.5 Å². The lowest BCUT2D eigenvalue weighted by molar-refractivity contribution is 0.130. The van der Waals surface area contributed by atoms with E-state index >= 15 is 0 Å². The first kappa shape index (κ1) is 17.5. The van der Waals surface area contributed by atoms with Crippen LogP contribution in [0, 0.1) is 6.92 Å². The molecule has 0 unspecified atom stereocenters. The Balaban J connectivity index is 1.49. The number of ether oxygens (including phenoxy) is 1. The normalized spacial score (nSPS) is 15.4. The summed E-state index contributed by atoms with van der Waals surface area (Å²) in [4.78, 5) is 7.80. The number of hydrogen-bond donors (Lipinski definition) is 0. The Bertz CT molecular complexity index is 687. The molecular weight excluding hydrogens is 312 g/mol. The van der Waals surface area contributed by atoms with Gasteiger partial charge in [-0.15, -0.1) is 0 Å². The third kappa shape index (κ3) is 5.33. The molecule has 3 rings (SSSR count). The molecule has 0 spiro atoms. The number of oxime groups is 1. The van der Waals surface area contributed by atoms with Gasteiger partial charge in [-0.05, 0) is 62.1 Å². The summed E-state index contributed by atoms with van der Waals surface area (Å²) in [5.41, 5.74) is 4.26. The zero-order valence-electron chi connectivity index (χ0n) is 15.1. The Morgan fingerprint density at radius 2 is 1.68 bits per heavy atom. The van der Waals surface area contributed by atoms with Crippen molar-refractivity contribution in [1.29, 1.82) is 0 Å². The van der Waals surface area contributed by atoms with Gasteiger partial charge in [-0.25, -0.2) is 0 Å². The summed E-state index contributed by atoms with van der Waals surface area (Å²) in [5.74, 6) is 0.893. The van der Waals surface area contributed by atoms with Crippen LogP contribution in [0.15, 0.2) is 53.7 Å². The summed E-state index contributed by atoms with van der Waals surface area (Å²) in [6, 6.07) is 16.3. The summed E-state index contributed by atoms with van der Waals surface area (Å²) in [7, 11) is 0. The maximum atomic E-state index is 5.83. The van der Waals surface area contributed by atoms with Crippen LogP contribution < -0.4 is 4.74 Å². The summed E-state index contributed by atoms with van der Waals surface area (Å²) >= 11 is 0. The Labute approximate surface area is 150 Å². The first-order valence-electron chi connectivity index (χ1n) is 8.88. The minimum atomic E-state index is 0.481. The van der Waals surface area contributed by atoms with Crippen molar-refractivity contribution in [3.05, 3.63) is 65.2 Å². The van der Waals surface area contributed by atoms with Gasteiger partial charge in [0, 0.05) is 13.1 Å². The smallest absolute Gasteiger partial charge is 0.142 e. The van der Waals surface area contributed by atoms with Crippen molar-refractivity contribution in [2.75, 3.05) is 19.8 Å². The van der Waals surface area contributed by atoms with E-state index in [9.17, 15) is 0 Å². The largest absolute Gasteiger partial charge is 0.478 e. The first-order valence-corrected chi connectivity index (χ1v) is 8.88. The maximum Gasteiger partial charge on any atom is 0.142 e. The molecule has 25 heavy (non-hydrogen) atoms. The standard InChI is InChI=1S/C21H26N2O2/c1-17-5-7-19(8-6-17)15-25-22-18(2)20-9-11-21(12-10-20)24-16-23-13-3-4-14-23/h5-12H,3-4,13-16H2,1-2H3. The fraction of sp³-hybridized carbons (Fsp3) is 0.381. The Kier molecular flexibility index (Phi) is 6.07. The molecule has 4 heteroatoms. The molecule has 0 aromatic heterocycles. The average molecular weight is 338 g/mol. The molecule has 0 radical (unpaired) electrons. The second-order valence-electron chi connectivity index (χ2n) is 6.56. The highest BCUT2D eigenvalue weighted by Gasteiger charge is 2.11. The summed E-state index contributed by atoms with van der Waals surface area (Å²) in [6.07, 6.45) is 2.56. The summed E-state index contributed by atoms with van der Waals surface area (Å²) in [6.45, 7) is 7.46. The molecule has 0 atom stereocenters. The van der Waals surface area contributed by atoms with Gasteiger partial charge in [0.25, 0.3) is 0 Å². The van der Waals surface area contributed by atoms with Crippen molar-refractivity contribution >= 4 is 5.71 Å². The number of rotatable bonds is 7. The maximum absolute atomic E-state index is 5.83. The molecule has 0 bridgehead atoms. The number of nitrogens with zero attached hydrogens (tertiary/aromatic N) is 2. The topological polar surface area (TPSA) is 34.1 Å². The van der Waals surface area contributed by atoms with Gasteiger partial charge < -0.3 is 9.57 Å². The number of likely N-dealkylation sites (tertiary alicyclic amines) is 1. The summed E-state index contributed by atoms with van der Waals surface area (Å²) < 4.78 is 5.83. The quantitative estimate of drug-likeness (QED) is 0.555. The average Bonchev–Trinajstić information content (AvgIpc) is 3.15. The molecule has 2 aromatic carbocycles. The predicted molar refractivity (Wildman–Crippen MR) is 101 cm³/mol. The molecule has 0 saturated carbocycles. The van der Waals surface area contributed by atoms with Crippen LogP contribution >= 0.6 is 0 Å². The number of aryl methyl sites for hydroxylation is 1. The van der Waals surface area contributed by atoms with Crippen molar-refractivity contribution in [3.63, 3.8) is 0 Å². The Hall–Kier alpha value is -2.33. The third-order valence-corrected chi connectivity index (χ3v) is 4.44. The molecule has 0 N–H and O–H groups in total. The van der Waals surface area contributed by atoms with Gasteiger partial charge in [-0.2, -0.15) is 0 Å². The molecule has 2 aromatic rings. The molecule has 1 heterocycles. The summed E-state index contributed by atoms with van der Waals surface area (Å²) in [5, 5.41) is 4.22. The van der Waals surface area contributed by atoms with Gasteiger partial charge in [0.1, 0.15) is 19.1 Å². The molecule has 1 aliphatic rings. The highest BCUT2D eigenvalue weighted by molar-refractivity contribution is 5.98. The zero-order valence-corrected chi connectivity index (χ0v) is 15.1. The fourth-order valence-electron chi connectivity index (χ4n) is 2.81. The molecule has 0 amide bonds. The SMILES string of the molecule is CC(=NOCc1ccc(C)cc1)c1ccc(OCN2CCCC2)cc1. The van der Waals surface area contributed by atoms with Crippen LogP contribution in [-0.2, 0) is 11.4 Å². The lowest BCUT2D eigenvalue weighted by Gasteiger charge is -2.15. The predicted octanol–water partition coefficient (Wildman–Crippen LogP) is 4.37. The minimum absolute atomic E-state index is 0.481. The van der Waals surface area contributed by atoms with E-state index in [-0.39, 0.29) is 0 Å². The molecule has 1 saturated heterocycles. The highest BCUT2D eigenvalue weighted by Crippen LogP contribution is 2.15. The molecule has 4 nitrogen and oxygen atoms in total. The monoisotopic (exact) mass is 338 g/mol. The Morgan fingerprint density at radius 3 is 2.36 bits per heavy atom. The van der Waals surface area contributed by atoms with Gasteiger partial charge in [0.15, 0.2) is 0 Å². The van der Waals surface area contributed by atoms with E-state index in [1.807, 2.05) is 31.2 Å². The number of hydrogen-bond acceptors (Lipinski definition) is 4. The van der Waals surface area contributed by atoms with Crippen molar-refractivity contribution in [3.8, 4) is 5.75 Å². The fourth-order valence-corrected chi connectivity index (χ4v) is 2.81. The first-order chi connectivity index (χ1) is 12.2. The van der Waals surface area contributed by atoms with E-state index in [0.29, 0.717) is 13.3 Å². The van der Waals surface area contributed by atoms with Crippen LogP contribution in [0.2, 0.25) is 0 Å². The van der Waals surface area contributed by atoms with Crippen LogP contribution in [-0.4, -0.2) is 30.4 Å². The van der Waals surface area contributed by atoms with Crippen LogP contribution in [0.4, 0.5) is 0 Å². The van der Waals surface area contributed by atoms with Crippen molar-refractivity contribution in [2.24, 2.45) is 5.16 Å². The minimum Gasteiger partial charge on any atom is -0.478 e. The van der Waals surface area contributed by atoms with Crippen molar-refractivity contribution in [2.45, 2.75) is 33.3 Å². The van der Waals surface area contributed by atoms with Gasteiger partial charge in [-0.3, -0.25) is 4.90 Å². The van der Waals surface area contributed by atoms with Crippen molar-refractivity contribution < 1.29 is 9.57 Å². The highest BCUT2D eigenvalue weighted by atomic mass is 16.6. The van der Waals surface area contributed by atoms with E-state index in [2.05, 4.69) is 41.2 Å². The zero-order chi connectivity index (χ0) is 17.5. The van der Waals surface area contributed by atoms with E-state index < -0.39 is 0 Å². The van der Waals surface area contributed by atoms with Gasteiger partial charge in [-0.1, -0.05) is 35.0 Å². The van der Waals surface area contributed by atoms with E-state index in [4.69, 9.17) is 9.57 Å². The molecule has 1 fully saturated rings. The van der Waals surface area contributed by atoms with Gasteiger partial charge in [0.2, 0.25) is 0 Å². The van der Waals surface area contributed by atoms with E-state index in [1.54, 1.807) is 0 Å². The second kappa shape index (κ2) is 8.67. The van der Waals surface area contributed by atoms with Gasteiger partial charge >= 0.3 is 0 Å². The molecule has 1 aliphatic heterocycles.